The fourth-order valence-corrected chi connectivity index (χ4v) is 3.72. The van der Waals surface area contributed by atoms with Crippen molar-refractivity contribution in [2.75, 3.05) is 13.7 Å². The number of amides is 2. The zero-order valence-electron chi connectivity index (χ0n) is 12.6. The number of fused-ring (bicyclic) bond motifs is 2. The van der Waals surface area contributed by atoms with E-state index in [9.17, 15) is 9.59 Å². The average Bonchev–Trinajstić information content (AvgIpc) is 3.03. The van der Waals surface area contributed by atoms with Crippen LogP contribution in [-0.4, -0.2) is 37.6 Å². The van der Waals surface area contributed by atoms with Gasteiger partial charge in [-0.05, 0) is 43.9 Å². The molecular weight excluding hydrogens is 256 g/mol. The molecule has 2 amide bonds. The van der Waals surface area contributed by atoms with Gasteiger partial charge in [-0.3, -0.25) is 9.59 Å². The van der Waals surface area contributed by atoms with Crippen molar-refractivity contribution in [3.05, 3.63) is 0 Å². The molecule has 0 aliphatic heterocycles. The number of hydrogen-bond donors (Lipinski definition) is 2. The molecule has 0 aromatic rings. The molecule has 114 valence electrons. The van der Waals surface area contributed by atoms with Gasteiger partial charge >= 0.3 is 0 Å². The number of carbonyl (C=O) groups is 2. The second-order valence-electron chi connectivity index (χ2n) is 6.27. The van der Waals surface area contributed by atoms with E-state index in [1.807, 2.05) is 6.92 Å². The molecule has 3 unspecified atom stereocenters. The van der Waals surface area contributed by atoms with Crippen molar-refractivity contribution >= 4 is 11.8 Å². The summed E-state index contributed by atoms with van der Waals surface area (Å²) in [5, 5.41) is 5.24. The minimum Gasteiger partial charge on any atom is -0.376 e. The molecule has 0 saturated heterocycles. The summed E-state index contributed by atoms with van der Waals surface area (Å²) in [5.74, 6) is 1.92. The Hall–Kier alpha value is -1.10. The third-order valence-electron chi connectivity index (χ3n) is 4.81. The van der Waals surface area contributed by atoms with Gasteiger partial charge in [0.15, 0.2) is 0 Å². The Bertz CT molecular complexity index is 372. The van der Waals surface area contributed by atoms with Crippen LogP contribution in [0.25, 0.3) is 0 Å². The number of likely N-dealkylation sites (N-methyl/N-ethyl adjacent to an activating group) is 1. The minimum absolute atomic E-state index is 0.208. The molecule has 2 N–H and O–H groups in total. The average molecular weight is 282 g/mol. The molecule has 5 heteroatoms. The van der Waals surface area contributed by atoms with Crippen LogP contribution in [0.1, 0.15) is 39.5 Å². The van der Waals surface area contributed by atoms with E-state index in [2.05, 4.69) is 10.6 Å². The number of ether oxygens (including phenoxy) is 1. The maximum absolute atomic E-state index is 11.8. The van der Waals surface area contributed by atoms with E-state index in [-0.39, 0.29) is 17.9 Å². The predicted octanol–water partition coefficient (Wildman–Crippen LogP) is 1.08. The molecule has 2 rings (SSSR count). The van der Waals surface area contributed by atoms with E-state index in [0.29, 0.717) is 12.5 Å². The highest BCUT2D eigenvalue weighted by Crippen LogP contribution is 2.48. The highest BCUT2D eigenvalue weighted by atomic mass is 16.5. The maximum atomic E-state index is 11.8. The van der Waals surface area contributed by atoms with E-state index in [1.54, 1.807) is 7.05 Å². The molecule has 0 aromatic heterocycles. The van der Waals surface area contributed by atoms with Gasteiger partial charge in [-0.1, -0.05) is 6.42 Å². The maximum Gasteiger partial charge on any atom is 0.245 e. The summed E-state index contributed by atoms with van der Waals surface area (Å²) < 4.78 is 5.89. The van der Waals surface area contributed by atoms with Crippen LogP contribution >= 0.6 is 0 Å². The SMILES string of the molecule is CNC(=O)C(NC(C)=O)C(C)OCC1C[C@H]2CC[C@@H]1C2. The third-order valence-corrected chi connectivity index (χ3v) is 4.81. The lowest BCUT2D eigenvalue weighted by molar-refractivity contribution is -0.132. The molecule has 2 saturated carbocycles. The predicted molar refractivity (Wildman–Crippen MR) is 76.0 cm³/mol. The van der Waals surface area contributed by atoms with E-state index < -0.39 is 6.04 Å². The van der Waals surface area contributed by atoms with Crippen LogP contribution in [0.5, 0.6) is 0 Å². The van der Waals surface area contributed by atoms with Crippen molar-refractivity contribution in [3.63, 3.8) is 0 Å². The van der Waals surface area contributed by atoms with E-state index >= 15 is 0 Å². The topological polar surface area (TPSA) is 67.4 Å². The molecule has 20 heavy (non-hydrogen) atoms. The van der Waals surface area contributed by atoms with Crippen molar-refractivity contribution in [2.24, 2.45) is 17.8 Å². The van der Waals surface area contributed by atoms with Crippen LogP contribution in [0.3, 0.4) is 0 Å². The molecule has 2 aliphatic rings. The highest BCUT2D eigenvalue weighted by Gasteiger charge is 2.40. The summed E-state index contributed by atoms with van der Waals surface area (Å²) in [6, 6.07) is -0.615. The fraction of sp³-hybridized carbons (Fsp3) is 0.867. The Labute approximate surface area is 120 Å². The highest BCUT2D eigenvalue weighted by molar-refractivity contribution is 5.87. The molecule has 0 spiro atoms. The Morgan fingerprint density at radius 3 is 2.55 bits per heavy atom. The largest absolute Gasteiger partial charge is 0.376 e. The summed E-state index contributed by atoms with van der Waals surface area (Å²) in [5.41, 5.74) is 0. The normalized spacial score (nSPS) is 30.9. The first-order chi connectivity index (χ1) is 9.51. The summed E-state index contributed by atoms with van der Waals surface area (Å²) in [6.45, 7) is 3.97. The smallest absolute Gasteiger partial charge is 0.245 e. The quantitative estimate of drug-likeness (QED) is 0.766. The van der Waals surface area contributed by atoms with Gasteiger partial charge in [-0.15, -0.1) is 0 Å². The van der Waals surface area contributed by atoms with Gasteiger partial charge in [-0.25, -0.2) is 0 Å². The Balaban J connectivity index is 1.83. The monoisotopic (exact) mass is 282 g/mol. The van der Waals surface area contributed by atoms with Crippen molar-refractivity contribution in [2.45, 2.75) is 51.7 Å². The molecule has 2 fully saturated rings. The number of rotatable bonds is 6. The van der Waals surface area contributed by atoms with Gasteiger partial charge in [0, 0.05) is 14.0 Å². The molecular formula is C15H26N2O3. The van der Waals surface area contributed by atoms with Gasteiger partial charge < -0.3 is 15.4 Å². The van der Waals surface area contributed by atoms with Crippen molar-refractivity contribution in [1.82, 2.24) is 10.6 Å². The first-order valence-corrected chi connectivity index (χ1v) is 7.61. The molecule has 0 radical (unpaired) electrons. The zero-order chi connectivity index (χ0) is 14.7. The number of carbonyl (C=O) groups excluding carboxylic acids is 2. The standard InChI is InChI=1S/C15H26N2O3/c1-9(14(15(19)16-3)17-10(2)18)20-8-13-7-11-4-5-12(13)6-11/h9,11-14H,4-8H2,1-3H3,(H,16,19)(H,17,18)/t9?,11-,12+,13?,14?/m0/s1. The lowest BCUT2D eigenvalue weighted by Gasteiger charge is -2.27. The molecule has 2 aliphatic carbocycles. The summed E-state index contributed by atoms with van der Waals surface area (Å²) in [6.07, 6.45) is 5.02. The van der Waals surface area contributed by atoms with Crippen LogP contribution in [0, 0.1) is 17.8 Å². The lowest BCUT2D eigenvalue weighted by atomic mass is 9.89. The summed E-state index contributed by atoms with van der Waals surface area (Å²) in [7, 11) is 1.57. The fourth-order valence-electron chi connectivity index (χ4n) is 3.72. The first-order valence-electron chi connectivity index (χ1n) is 7.61. The minimum atomic E-state index is -0.615. The second kappa shape index (κ2) is 6.57. The zero-order valence-corrected chi connectivity index (χ0v) is 12.6. The Kier molecular flexibility index (Phi) is 5.02. The van der Waals surface area contributed by atoms with Crippen LogP contribution < -0.4 is 10.6 Å². The Morgan fingerprint density at radius 1 is 1.30 bits per heavy atom. The van der Waals surface area contributed by atoms with Crippen LogP contribution in [0.2, 0.25) is 0 Å². The third kappa shape index (κ3) is 3.51. The molecule has 2 bridgehead atoms. The molecule has 5 atom stereocenters. The summed E-state index contributed by atoms with van der Waals surface area (Å²) >= 11 is 0. The molecule has 5 nitrogen and oxygen atoms in total. The van der Waals surface area contributed by atoms with Crippen molar-refractivity contribution < 1.29 is 14.3 Å². The van der Waals surface area contributed by atoms with E-state index in [1.165, 1.54) is 32.6 Å². The molecule has 0 aromatic carbocycles. The number of hydrogen-bond acceptors (Lipinski definition) is 3. The van der Waals surface area contributed by atoms with Gasteiger partial charge in [0.2, 0.25) is 11.8 Å². The van der Waals surface area contributed by atoms with E-state index in [0.717, 1.165) is 11.8 Å². The first kappa shape index (κ1) is 15.3. The Morgan fingerprint density at radius 2 is 2.05 bits per heavy atom. The van der Waals surface area contributed by atoms with Gasteiger partial charge in [0.05, 0.1) is 12.7 Å². The van der Waals surface area contributed by atoms with Crippen molar-refractivity contribution in [1.29, 1.82) is 0 Å². The second-order valence-corrected chi connectivity index (χ2v) is 6.27. The van der Waals surface area contributed by atoms with Gasteiger partial charge in [-0.2, -0.15) is 0 Å². The van der Waals surface area contributed by atoms with Crippen LogP contribution in [0.15, 0.2) is 0 Å². The van der Waals surface area contributed by atoms with Crippen molar-refractivity contribution in [3.8, 4) is 0 Å². The van der Waals surface area contributed by atoms with Gasteiger partial charge in [0.25, 0.3) is 0 Å². The van der Waals surface area contributed by atoms with Crippen LogP contribution in [-0.2, 0) is 14.3 Å². The van der Waals surface area contributed by atoms with E-state index in [4.69, 9.17) is 4.74 Å². The molecule has 0 heterocycles. The van der Waals surface area contributed by atoms with Gasteiger partial charge in [0.1, 0.15) is 6.04 Å². The number of nitrogens with one attached hydrogen (secondary N) is 2. The van der Waals surface area contributed by atoms with Crippen LogP contribution in [0.4, 0.5) is 0 Å². The summed E-state index contributed by atoms with van der Waals surface area (Å²) in [4.78, 5) is 23.0. The lowest BCUT2D eigenvalue weighted by Crippen LogP contribution is -2.52.